The molecular formula is C17H25IN4O2S2. The van der Waals surface area contributed by atoms with Gasteiger partial charge in [-0.25, -0.2) is 13.6 Å². The summed E-state index contributed by atoms with van der Waals surface area (Å²) in [5, 5.41) is 11.7. The van der Waals surface area contributed by atoms with Crippen LogP contribution in [0.4, 0.5) is 0 Å². The third-order valence-electron chi connectivity index (χ3n) is 3.62. The average molecular weight is 508 g/mol. The van der Waals surface area contributed by atoms with E-state index < -0.39 is 10.0 Å². The quantitative estimate of drug-likeness (QED) is 0.318. The summed E-state index contributed by atoms with van der Waals surface area (Å²) in [6.45, 7) is 4.76. The number of guanidine groups is 1. The van der Waals surface area contributed by atoms with Gasteiger partial charge in [0.05, 0.1) is 4.90 Å². The number of hydrogen-bond acceptors (Lipinski definition) is 4. The maximum Gasteiger partial charge on any atom is 0.238 e. The molecule has 0 spiro atoms. The van der Waals surface area contributed by atoms with Crippen molar-refractivity contribution in [1.29, 1.82) is 0 Å². The van der Waals surface area contributed by atoms with Gasteiger partial charge in [0, 0.05) is 35.8 Å². The van der Waals surface area contributed by atoms with Gasteiger partial charge in [-0.3, -0.25) is 4.99 Å². The Bertz CT molecular complexity index is 833. The Morgan fingerprint density at radius 3 is 2.38 bits per heavy atom. The molecule has 1 aromatic carbocycles. The van der Waals surface area contributed by atoms with E-state index in [1.54, 1.807) is 30.5 Å². The average Bonchev–Trinajstić information content (AvgIpc) is 2.95. The zero-order valence-corrected chi connectivity index (χ0v) is 19.0. The third-order valence-corrected chi connectivity index (χ3v) is 5.57. The molecule has 1 aromatic heterocycles. The number of rotatable bonds is 6. The van der Waals surface area contributed by atoms with Crippen LogP contribution in [0.2, 0.25) is 0 Å². The van der Waals surface area contributed by atoms with E-state index in [0.717, 1.165) is 12.0 Å². The first-order chi connectivity index (χ1) is 11.8. The van der Waals surface area contributed by atoms with Crippen LogP contribution in [0.15, 0.2) is 46.3 Å². The van der Waals surface area contributed by atoms with Gasteiger partial charge >= 0.3 is 0 Å². The molecule has 0 saturated carbocycles. The lowest BCUT2D eigenvalue weighted by Gasteiger charge is -2.17. The van der Waals surface area contributed by atoms with Crippen LogP contribution in [0.5, 0.6) is 0 Å². The SMILES string of the molecule is CN=C(NCc1ccc(S(N)(=O)=O)cc1)NC(C)Cc1ccc(C)s1.I. The lowest BCUT2D eigenvalue weighted by Crippen LogP contribution is -2.42. The van der Waals surface area contributed by atoms with Crippen molar-refractivity contribution in [3.8, 4) is 0 Å². The molecule has 9 heteroatoms. The normalized spacial score (nSPS) is 13.0. The molecule has 6 nitrogen and oxygen atoms in total. The van der Waals surface area contributed by atoms with Crippen molar-refractivity contribution in [3.05, 3.63) is 51.7 Å². The highest BCUT2D eigenvalue weighted by Gasteiger charge is 2.09. The first-order valence-electron chi connectivity index (χ1n) is 7.92. The van der Waals surface area contributed by atoms with Crippen molar-refractivity contribution in [2.24, 2.45) is 10.1 Å². The molecule has 0 aliphatic rings. The summed E-state index contributed by atoms with van der Waals surface area (Å²) in [7, 11) is -1.93. The Kier molecular flexibility index (Phi) is 9.01. The maximum absolute atomic E-state index is 11.3. The standard InChI is InChI=1S/C17H24N4O2S2.HI/c1-12(10-15-7-4-13(2)24-15)21-17(19-3)20-11-14-5-8-16(9-6-14)25(18,22)23;/h4-9,12H,10-11H2,1-3H3,(H2,18,22,23)(H2,19,20,21);1H. The van der Waals surface area contributed by atoms with Crippen molar-refractivity contribution in [3.63, 3.8) is 0 Å². The van der Waals surface area contributed by atoms with Crippen LogP contribution in [0, 0.1) is 6.92 Å². The molecular weight excluding hydrogens is 483 g/mol. The summed E-state index contributed by atoms with van der Waals surface area (Å²) in [6, 6.07) is 11.0. The van der Waals surface area contributed by atoms with Crippen molar-refractivity contribution >= 4 is 51.3 Å². The highest BCUT2D eigenvalue weighted by Crippen LogP contribution is 2.16. The topological polar surface area (TPSA) is 96.6 Å². The van der Waals surface area contributed by atoms with Crippen molar-refractivity contribution < 1.29 is 8.42 Å². The number of aliphatic imine (C=N–C) groups is 1. The number of benzene rings is 1. The van der Waals surface area contributed by atoms with Gasteiger partial charge in [0.1, 0.15) is 0 Å². The number of sulfonamides is 1. The first kappa shape index (κ1) is 22.9. The van der Waals surface area contributed by atoms with Gasteiger partial charge in [-0.15, -0.1) is 35.3 Å². The Balaban J connectivity index is 0.00000338. The van der Waals surface area contributed by atoms with Crippen LogP contribution in [0.25, 0.3) is 0 Å². The fourth-order valence-corrected chi connectivity index (χ4v) is 3.89. The van der Waals surface area contributed by atoms with Gasteiger partial charge in [-0.05, 0) is 43.7 Å². The minimum absolute atomic E-state index is 0. The van der Waals surface area contributed by atoms with Crippen LogP contribution in [-0.2, 0) is 23.0 Å². The van der Waals surface area contributed by atoms with Gasteiger partial charge in [-0.1, -0.05) is 12.1 Å². The van der Waals surface area contributed by atoms with E-state index in [1.165, 1.54) is 21.9 Å². The molecule has 0 bridgehead atoms. The summed E-state index contributed by atoms with van der Waals surface area (Å²) >= 11 is 1.80. The number of nitrogens with zero attached hydrogens (tertiary/aromatic N) is 1. The Hall–Kier alpha value is -1.17. The molecule has 1 heterocycles. The highest BCUT2D eigenvalue weighted by atomic mass is 127. The van der Waals surface area contributed by atoms with Crippen LogP contribution in [-0.4, -0.2) is 27.5 Å². The Morgan fingerprint density at radius 2 is 1.88 bits per heavy atom. The third kappa shape index (κ3) is 7.22. The smallest absolute Gasteiger partial charge is 0.238 e. The number of nitrogens with one attached hydrogen (secondary N) is 2. The van der Waals surface area contributed by atoms with Crippen molar-refractivity contribution in [2.75, 3.05) is 7.05 Å². The monoisotopic (exact) mass is 508 g/mol. The van der Waals surface area contributed by atoms with Gasteiger partial charge in [0.15, 0.2) is 5.96 Å². The van der Waals surface area contributed by atoms with Gasteiger partial charge in [0.25, 0.3) is 0 Å². The van der Waals surface area contributed by atoms with E-state index >= 15 is 0 Å². The fourth-order valence-electron chi connectivity index (χ4n) is 2.36. The molecule has 0 aliphatic carbocycles. The minimum atomic E-state index is -3.65. The second-order valence-corrected chi connectivity index (χ2v) is 8.81. The Labute approximate surface area is 176 Å². The predicted molar refractivity (Wildman–Crippen MR) is 119 cm³/mol. The van der Waals surface area contributed by atoms with E-state index in [-0.39, 0.29) is 34.9 Å². The molecule has 0 fully saturated rings. The molecule has 144 valence electrons. The second-order valence-electron chi connectivity index (χ2n) is 5.88. The van der Waals surface area contributed by atoms with Crippen LogP contribution >= 0.6 is 35.3 Å². The first-order valence-corrected chi connectivity index (χ1v) is 10.3. The zero-order valence-electron chi connectivity index (χ0n) is 15.0. The largest absolute Gasteiger partial charge is 0.354 e. The van der Waals surface area contributed by atoms with Crippen LogP contribution in [0.1, 0.15) is 22.2 Å². The Morgan fingerprint density at radius 1 is 1.23 bits per heavy atom. The molecule has 0 radical (unpaired) electrons. The van der Waals surface area contributed by atoms with Gasteiger partial charge in [-0.2, -0.15) is 0 Å². The van der Waals surface area contributed by atoms with E-state index in [0.29, 0.717) is 12.5 Å². The summed E-state index contributed by atoms with van der Waals surface area (Å²) in [5.74, 6) is 0.705. The van der Waals surface area contributed by atoms with Crippen molar-refractivity contribution in [2.45, 2.75) is 37.8 Å². The van der Waals surface area contributed by atoms with Crippen molar-refractivity contribution in [1.82, 2.24) is 10.6 Å². The number of aryl methyl sites for hydroxylation is 1. The molecule has 2 aromatic rings. The molecule has 0 amide bonds. The molecule has 1 atom stereocenters. The predicted octanol–water partition coefficient (Wildman–Crippen LogP) is 2.62. The second kappa shape index (κ2) is 10.2. The lowest BCUT2D eigenvalue weighted by atomic mass is 10.2. The number of hydrogen-bond donors (Lipinski definition) is 3. The summed E-state index contributed by atoms with van der Waals surface area (Å²) in [5.41, 5.74) is 0.942. The van der Waals surface area contributed by atoms with E-state index in [1.807, 2.05) is 0 Å². The van der Waals surface area contributed by atoms with Crippen LogP contribution in [0.3, 0.4) is 0 Å². The number of nitrogens with two attached hydrogens (primary N) is 1. The maximum atomic E-state index is 11.3. The van der Waals surface area contributed by atoms with E-state index in [9.17, 15) is 8.42 Å². The highest BCUT2D eigenvalue weighted by molar-refractivity contribution is 14.0. The molecule has 26 heavy (non-hydrogen) atoms. The van der Waals surface area contributed by atoms with Gasteiger partial charge < -0.3 is 10.6 Å². The zero-order chi connectivity index (χ0) is 18.4. The molecule has 0 saturated heterocycles. The molecule has 1 unspecified atom stereocenters. The molecule has 0 aliphatic heterocycles. The van der Waals surface area contributed by atoms with Crippen LogP contribution < -0.4 is 15.8 Å². The summed E-state index contributed by atoms with van der Waals surface area (Å²) in [6.07, 6.45) is 0.933. The summed E-state index contributed by atoms with van der Waals surface area (Å²) < 4.78 is 22.5. The number of primary sulfonamides is 1. The number of halogens is 1. The lowest BCUT2D eigenvalue weighted by molar-refractivity contribution is 0.597. The summed E-state index contributed by atoms with van der Waals surface area (Å²) in [4.78, 5) is 6.99. The van der Waals surface area contributed by atoms with E-state index in [4.69, 9.17) is 5.14 Å². The minimum Gasteiger partial charge on any atom is -0.354 e. The van der Waals surface area contributed by atoms with E-state index in [2.05, 4.69) is 41.6 Å². The fraction of sp³-hybridized carbons (Fsp3) is 0.353. The molecule has 2 rings (SSSR count). The number of thiophene rings is 1. The van der Waals surface area contributed by atoms with Gasteiger partial charge in [0.2, 0.25) is 10.0 Å². The molecule has 4 N–H and O–H groups in total.